The molecule has 4 fully saturated rings. The third kappa shape index (κ3) is 4.65. The van der Waals surface area contributed by atoms with Crippen LogP contribution in [-0.4, -0.2) is 109 Å². The second-order valence-corrected chi connectivity index (χ2v) is 17.2. The minimum atomic E-state index is -4.00. The van der Waals surface area contributed by atoms with Crippen molar-refractivity contribution in [1.29, 1.82) is 0 Å². The van der Waals surface area contributed by atoms with Crippen LogP contribution in [0, 0.1) is 5.41 Å². The molecule has 11 nitrogen and oxygen atoms in total. The molecule has 2 unspecified atom stereocenters. The van der Waals surface area contributed by atoms with Crippen molar-refractivity contribution < 1.29 is 22.7 Å². The molecule has 0 N–H and O–H groups in total. The van der Waals surface area contributed by atoms with Gasteiger partial charge in [0.15, 0.2) is 0 Å². The number of hydrogen-bond donors (Lipinski definition) is 0. The van der Waals surface area contributed by atoms with Crippen molar-refractivity contribution in [2.75, 3.05) is 48.4 Å². The lowest BCUT2D eigenvalue weighted by Crippen LogP contribution is -2.57. The number of carbonyl (C=O) groups excluding carboxylic acids is 2. The molecule has 5 heterocycles. The van der Waals surface area contributed by atoms with Crippen molar-refractivity contribution >= 4 is 33.1 Å². The largest absolute Gasteiger partial charge is 0.497 e. The fourth-order valence-electron chi connectivity index (χ4n) is 9.47. The molecule has 12 heteroatoms. The first-order valence-electron chi connectivity index (χ1n) is 17.4. The fraction of sp³-hybridized carbons (Fsp3) is 0.583. The number of fused-ring (bicyclic) bond motifs is 9. The number of amides is 2. The summed E-state index contributed by atoms with van der Waals surface area (Å²) in [5.74, 6) is 0.691. The molecule has 48 heavy (non-hydrogen) atoms. The van der Waals surface area contributed by atoms with Crippen LogP contribution < -0.4 is 4.74 Å². The zero-order chi connectivity index (χ0) is 33.7. The lowest BCUT2D eigenvalue weighted by Gasteiger charge is -2.41. The molecule has 2 aliphatic carbocycles. The van der Waals surface area contributed by atoms with Crippen molar-refractivity contribution in [1.82, 2.24) is 28.0 Å². The molecule has 0 spiro atoms. The number of piperazine rings is 1. The second-order valence-electron chi connectivity index (χ2n) is 15.0. The van der Waals surface area contributed by atoms with Crippen LogP contribution in [0.1, 0.15) is 84.8 Å². The van der Waals surface area contributed by atoms with E-state index in [-0.39, 0.29) is 29.6 Å². The van der Waals surface area contributed by atoms with E-state index in [2.05, 4.69) is 33.5 Å². The van der Waals surface area contributed by atoms with E-state index in [1.165, 1.54) is 33.1 Å². The van der Waals surface area contributed by atoms with Crippen LogP contribution in [0.4, 0.5) is 0 Å². The zero-order valence-electron chi connectivity index (χ0n) is 28.6. The summed E-state index contributed by atoms with van der Waals surface area (Å²) in [5.41, 5.74) is 4.65. The standard InChI is InChI=1S/C36H46N6O5S/c1-38(2)48(45,46)40(4)34(43)30-16-15-27-31(22-9-7-6-8-10-22)32-26-14-13-25(47-5)17-28(26)29-18-36(29,21-41(32)33(27)37-30)35(44)42-23-11-12-24(42)20-39(3)19-23/h13-17,22-24,29H,6-12,18-21H2,1-5H3/t23?,24?,29-,36-/m0/s1. The van der Waals surface area contributed by atoms with Gasteiger partial charge in [-0.25, -0.2) is 9.29 Å². The predicted octanol–water partition coefficient (Wildman–Crippen LogP) is 4.43. The van der Waals surface area contributed by atoms with Crippen LogP contribution in [0.5, 0.6) is 5.75 Å². The molecule has 3 aromatic rings. The minimum Gasteiger partial charge on any atom is -0.497 e. The van der Waals surface area contributed by atoms with Crippen LogP contribution in [-0.2, 0) is 21.5 Å². The van der Waals surface area contributed by atoms with E-state index in [4.69, 9.17) is 9.72 Å². The average Bonchev–Trinajstić information content (AvgIpc) is 3.67. The van der Waals surface area contributed by atoms with E-state index in [0.717, 1.165) is 94.6 Å². The molecule has 2 amide bonds. The highest BCUT2D eigenvalue weighted by atomic mass is 32.2. The summed E-state index contributed by atoms with van der Waals surface area (Å²) in [6, 6.07) is 10.4. The number of carbonyl (C=O) groups is 2. The minimum absolute atomic E-state index is 0.0458. The van der Waals surface area contributed by atoms with E-state index in [1.54, 1.807) is 13.2 Å². The summed E-state index contributed by atoms with van der Waals surface area (Å²) in [6.07, 6.45) is 8.48. The SMILES string of the molecule is COc1ccc2c(c1)[C@@H]1C[C@]1(C(=O)N1C3CCC1CN(C)C3)Cn1c-2c(C2CCCCC2)c2ccc(C(=O)N(C)S(=O)(=O)N(C)C)nc21. The molecule has 2 saturated carbocycles. The number of pyridine rings is 1. The van der Waals surface area contributed by atoms with Crippen molar-refractivity contribution in [2.45, 2.75) is 81.8 Å². The molecule has 3 aliphatic heterocycles. The smallest absolute Gasteiger partial charge is 0.305 e. The number of likely N-dealkylation sites (tertiary alicyclic amines) is 1. The van der Waals surface area contributed by atoms with E-state index in [0.29, 0.717) is 18.1 Å². The highest BCUT2D eigenvalue weighted by Gasteiger charge is 2.65. The van der Waals surface area contributed by atoms with Crippen molar-refractivity contribution in [2.24, 2.45) is 5.41 Å². The predicted molar refractivity (Wildman–Crippen MR) is 183 cm³/mol. The van der Waals surface area contributed by atoms with Crippen LogP contribution >= 0.6 is 0 Å². The quantitative estimate of drug-likeness (QED) is 0.381. The van der Waals surface area contributed by atoms with Crippen LogP contribution in [0.3, 0.4) is 0 Å². The van der Waals surface area contributed by atoms with Crippen LogP contribution in [0.15, 0.2) is 30.3 Å². The number of rotatable bonds is 6. The maximum Gasteiger partial charge on any atom is 0.305 e. The van der Waals surface area contributed by atoms with Gasteiger partial charge in [-0.1, -0.05) is 19.3 Å². The highest BCUT2D eigenvalue weighted by molar-refractivity contribution is 7.87. The number of aromatic nitrogens is 2. The van der Waals surface area contributed by atoms with Gasteiger partial charge in [0.1, 0.15) is 17.1 Å². The third-order valence-corrected chi connectivity index (χ3v) is 13.8. The van der Waals surface area contributed by atoms with E-state index >= 15 is 4.79 Å². The summed E-state index contributed by atoms with van der Waals surface area (Å²) < 4.78 is 35.6. The van der Waals surface area contributed by atoms with Gasteiger partial charge in [0, 0.05) is 69.7 Å². The van der Waals surface area contributed by atoms with Crippen molar-refractivity contribution in [3.05, 3.63) is 47.2 Å². The van der Waals surface area contributed by atoms with Gasteiger partial charge in [0.2, 0.25) is 5.91 Å². The molecule has 256 valence electrons. The van der Waals surface area contributed by atoms with Gasteiger partial charge >= 0.3 is 10.2 Å². The molecule has 4 atom stereocenters. The molecular weight excluding hydrogens is 629 g/mol. The maximum absolute atomic E-state index is 15.0. The molecule has 1 aromatic carbocycles. The summed E-state index contributed by atoms with van der Waals surface area (Å²) in [5, 5.41) is 0.981. The number of likely N-dealkylation sites (N-methyl/N-ethyl adjacent to an activating group) is 1. The Morgan fingerprint density at radius 1 is 0.979 bits per heavy atom. The maximum atomic E-state index is 15.0. The van der Waals surface area contributed by atoms with Gasteiger partial charge < -0.3 is 19.1 Å². The summed E-state index contributed by atoms with van der Waals surface area (Å²) in [4.78, 5) is 38.2. The molecule has 0 radical (unpaired) electrons. The average molecular weight is 675 g/mol. The van der Waals surface area contributed by atoms with Gasteiger partial charge in [0.05, 0.1) is 18.2 Å². The Morgan fingerprint density at radius 2 is 1.69 bits per heavy atom. The van der Waals surface area contributed by atoms with Gasteiger partial charge in [-0.05, 0) is 86.5 Å². The Labute approximate surface area is 283 Å². The molecule has 5 aliphatic rings. The van der Waals surface area contributed by atoms with Crippen LogP contribution in [0.25, 0.3) is 22.3 Å². The van der Waals surface area contributed by atoms with Gasteiger partial charge in [-0.3, -0.25) is 9.59 Å². The monoisotopic (exact) mass is 674 g/mol. The Morgan fingerprint density at radius 3 is 2.35 bits per heavy atom. The summed E-state index contributed by atoms with van der Waals surface area (Å²) >= 11 is 0. The van der Waals surface area contributed by atoms with E-state index < -0.39 is 21.5 Å². The van der Waals surface area contributed by atoms with Gasteiger partial charge in [-0.2, -0.15) is 12.7 Å². The van der Waals surface area contributed by atoms with E-state index in [9.17, 15) is 13.2 Å². The summed E-state index contributed by atoms with van der Waals surface area (Å²) in [7, 11) is 3.91. The van der Waals surface area contributed by atoms with Gasteiger partial charge in [-0.15, -0.1) is 0 Å². The van der Waals surface area contributed by atoms with Crippen LogP contribution in [0.2, 0.25) is 0 Å². The first-order valence-corrected chi connectivity index (χ1v) is 18.8. The molecular formula is C36H46N6O5S. The van der Waals surface area contributed by atoms with Crippen molar-refractivity contribution in [3.63, 3.8) is 0 Å². The van der Waals surface area contributed by atoms with E-state index in [1.807, 2.05) is 12.1 Å². The molecule has 8 rings (SSSR count). The first kappa shape index (κ1) is 31.8. The number of methoxy groups -OCH3 is 1. The van der Waals surface area contributed by atoms with Crippen molar-refractivity contribution in [3.8, 4) is 17.0 Å². The number of hydrogen-bond acceptors (Lipinski definition) is 7. The second kappa shape index (κ2) is 11.3. The number of benzene rings is 1. The first-order chi connectivity index (χ1) is 23.0. The number of ether oxygens (including phenoxy) is 1. The Kier molecular flexibility index (Phi) is 7.47. The fourth-order valence-corrected chi connectivity index (χ4v) is 10.3. The molecule has 2 bridgehead atoms. The van der Waals surface area contributed by atoms with Gasteiger partial charge in [0.25, 0.3) is 5.91 Å². The molecule has 2 saturated heterocycles. The number of nitrogens with zero attached hydrogens (tertiary/aromatic N) is 6. The third-order valence-electron chi connectivity index (χ3n) is 12.0. The lowest BCUT2D eigenvalue weighted by molar-refractivity contribution is -0.143. The normalized spacial score (nSPS) is 27.0. The highest BCUT2D eigenvalue weighted by Crippen LogP contribution is 2.66. The Bertz CT molecular complexity index is 1920. The molecule has 2 aromatic heterocycles. The summed E-state index contributed by atoms with van der Waals surface area (Å²) in [6.45, 7) is 2.26. The Balaban J connectivity index is 1.33. The topological polar surface area (TPSA) is 108 Å². The lowest BCUT2D eigenvalue weighted by atomic mass is 9.81. The Hall–Kier alpha value is -3.48. The zero-order valence-corrected chi connectivity index (χ0v) is 29.4.